The second-order valence-electron chi connectivity index (χ2n) is 7.66. The van der Waals surface area contributed by atoms with Crippen LogP contribution in [0.2, 0.25) is 0 Å². The summed E-state index contributed by atoms with van der Waals surface area (Å²) in [5.41, 5.74) is 3.61. The molecule has 4 aromatic rings. The number of amides is 1. The highest BCUT2D eigenvalue weighted by Crippen LogP contribution is 2.28. The Labute approximate surface area is 194 Å². The maximum atomic E-state index is 12.5. The zero-order chi connectivity index (χ0) is 23.5. The summed E-state index contributed by atoms with van der Waals surface area (Å²) in [6, 6.07) is 18.8. The number of oxazole rings is 1. The number of carbonyl (C=O) groups excluding carboxylic acids is 1. The molecule has 1 heterocycles. The normalized spacial score (nSPS) is 10.9. The first-order valence-electron chi connectivity index (χ1n) is 10.2. The predicted octanol–water partition coefficient (Wildman–Crippen LogP) is 5.65. The number of para-hydroxylation sites is 1. The van der Waals surface area contributed by atoms with Gasteiger partial charge in [-0.15, -0.1) is 0 Å². The maximum Gasteiger partial charge on any atom is 0.282 e. The lowest BCUT2D eigenvalue weighted by Crippen LogP contribution is -2.34. The van der Waals surface area contributed by atoms with Crippen LogP contribution in [0.3, 0.4) is 0 Å². The monoisotopic (exact) mass is 460 g/mol. The topological polar surface area (TPSA) is 110 Å². The first-order chi connectivity index (χ1) is 15.8. The van der Waals surface area contributed by atoms with Crippen LogP contribution in [0.4, 0.5) is 11.4 Å². The van der Waals surface area contributed by atoms with E-state index in [1.807, 2.05) is 24.3 Å². The number of hydrogen-bond acceptors (Lipinski definition) is 6. The maximum absolute atomic E-state index is 12.5. The molecule has 0 atom stereocenters. The highest BCUT2D eigenvalue weighted by molar-refractivity contribution is 7.80. The third-order valence-corrected chi connectivity index (χ3v) is 5.22. The van der Waals surface area contributed by atoms with Crippen LogP contribution in [-0.2, 0) is 0 Å². The molecule has 4 rings (SSSR count). The fourth-order valence-electron chi connectivity index (χ4n) is 3.31. The Hall–Kier alpha value is -4.11. The highest BCUT2D eigenvalue weighted by Gasteiger charge is 2.20. The number of thiocarbonyl (C=S) groups is 1. The van der Waals surface area contributed by atoms with Crippen molar-refractivity contribution in [3.8, 4) is 11.5 Å². The van der Waals surface area contributed by atoms with Crippen LogP contribution in [0.25, 0.3) is 22.6 Å². The van der Waals surface area contributed by atoms with Gasteiger partial charge in [0.25, 0.3) is 11.6 Å². The third kappa shape index (κ3) is 4.88. The number of aromatic nitrogens is 1. The molecular formula is C24H20N4O4S. The Morgan fingerprint density at radius 1 is 1.09 bits per heavy atom. The predicted molar refractivity (Wildman–Crippen MR) is 130 cm³/mol. The molecule has 0 radical (unpaired) electrons. The summed E-state index contributed by atoms with van der Waals surface area (Å²) >= 11 is 5.22. The second kappa shape index (κ2) is 9.17. The van der Waals surface area contributed by atoms with E-state index in [-0.39, 0.29) is 16.4 Å². The van der Waals surface area contributed by atoms with Gasteiger partial charge in [0.2, 0.25) is 5.89 Å². The molecule has 33 heavy (non-hydrogen) atoms. The number of fused-ring (bicyclic) bond motifs is 1. The van der Waals surface area contributed by atoms with Crippen molar-refractivity contribution in [2.45, 2.75) is 19.8 Å². The van der Waals surface area contributed by atoms with Crippen molar-refractivity contribution < 1.29 is 14.1 Å². The Balaban J connectivity index is 1.50. The molecule has 0 aliphatic heterocycles. The number of hydrogen-bond donors (Lipinski definition) is 2. The molecule has 9 heteroatoms. The summed E-state index contributed by atoms with van der Waals surface area (Å²) in [7, 11) is 0. The number of carbonyl (C=O) groups is 1. The summed E-state index contributed by atoms with van der Waals surface area (Å²) in [4.78, 5) is 27.6. The molecule has 1 amide bonds. The van der Waals surface area contributed by atoms with Crippen molar-refractivity contribution in [1.29, 1.82) is 0 Å². The smallest absolute Gasteiger partial charge is 0.282 e. The van der Waals surface area contributed by atoms with Gasteiger partial charge >= 0.3 is 0 Å². The molecule has 2 N–H and O–H groups in total. The summed E-state index contributed by atoms with van der Waals surface area (Å²) in [6.07, 6.45) is 0. The number of rotatable bonds is 5. The van der Waals surface area contributed by atoms with Crippen LogP contribution < -0.4 is 10.6 Å². The van der Waals surface area contributed by atoms with Crippen LogP contribution in [0.15, 0.2) is 71.1 Å². The van der Waals surface area contributed by atoms with Gasteiger partial charge < -0.3 is 9.73 Å². The molecular weight excluding hydrogens is 440 g/mol. The van der Waals surface area contributed by atoms with E-state index in [0.717, 1.165) is 11.1 Å². The molecule has 3 aromatic carbocycles. The van der Waals surface area contributed by atoms with Gasteiger partial charge in [-0.05, 0) is 60.1 Å². The fraction of sp³-hybridized carbons (Fsp3) is 0.125. The standard InChI is InChI=1S/C24H20N4O4S/c1-14(2)15-10-11-21-19(13-15)26-23(32-21)16-6-5-7-17(12-16)25-24(33)27-22(29)18-8-3-4-9-20(18)28(30)31/h3-14H,1-2H3,(H2,25,27,29,33). The molecule has 1 aromatic heterocycles. The molecule has 0 aliphatic rings. The summed E-state index contributed by atoms with van der Waals surface area (Å²) in [6.45, 7) is 4.24. The number of nitrogens with zero attached hydrogens (tertiary/aromatic N) is 2. The third-order valence-electron chi connectivity index (χ3n) is 5.02. The van der Waals surface area contributed by atoms with Crippen LogP contribution in [0.1, 0.15) is 35.7 Å². The van der Waals surface area contributed by atoms with Crippen molar-refractivity contribution in [2.24, 2.45) is 0 Å². The van der Waals surface area contributed by atoms with E-state index in [0.29, 0.717) is 23.1 Å². The minimum atomic E-state index is -0.670. The number of nitro groups is 1. The van der Waals surface area contributed by atoms with Gasteiger partial charge in [-0.2, -0.15) is 0 Å². The van der Waals surface area contributed by atoms with Gasteiger partial charge in [-0.1, -0.05) is 38.1 Å². The van der Waals surface area contributed by atoms with Crippen molar-refractivity contribution in [2.75, 3.05) is 5.32 Å². The number of benzene rings is 3. The largest absolute Gasteiger partial charge is 0.436 e. The Bertz CT molecular complexity index is 1380. The number of nitrogens with one attached hydrogen (secondary N) is 2. The Morgan fingerprint density at radius 3 is 2.64 bits per heavy atom. The molecule has 8 nitrogen and oxygen atoms in total. The zero-order valence-electron chi connectivity index (χ0n) is 17.9. The van der Waals surface area contributed by atoms with Crippen molar-refractivity contribution >= 4 is 45.7 Å². The molecule has 0 unspecified atom stereocenters. The van der Waals surface area contributed by atoms with Crippen LogP contribution >= 0.6 is 12.2 Å². The lowest BCUT2D eigenvalue weighted by molar-refractivity contribution is -0.385. The quantitative estimate of drug-likeness (QED) is 0.225. The lowest BCUT2D eigenvalue weighted by Gasteiger charge is -2.10. The van der Waals surface area contributed by atoms with Crippen molar-refractivity contribution in [1.82, 2.24) is 10.3 Å². The van der Waals surface area contributed by atoms with E-state index in [2.05, 4.69) is 29.5 Å². The first-order valence-corrected chi connectivity index (χ1v) is 10.6. The van der Waals surface area contributed by atoms with Crippen LogP contribution in [0, 0.1) is 10.1 Å². The lowest BCUT2D eigenvalue weighted by atomic mass is 10.0. The minimum Gasteiger partial charge on any atom is -0.436 e. The summed E-state index contributed by atoms with van der Waals surface area (Å²) < 4.78 is 5.90. The minimum absolute atomic E-state index is 0.00874. The zero-order valence-corrected chi connectivity index (χ0v) is 18.7. The van der Waals surface area contributed by atoms with E-state index in [9.17, 15) is 14.9 Å². The number of nitro benzene ring substituents is 1. The van der Waals surface area contributed by atoms with Crippen LogP contribution in [-0.4, -0.2) is 20.9 Å². The molecule has 0 bridgehead atoms. The molecule has 0 fully saturated rings. The average Bonchev–Trinajstić information content (AvgIpc) is 3.22. The second-order valence-corrected chi connectivity index (χ2v) is 8.07. The van der Waals surface area contributed by atoms with Crippen molar-refractivity contribution in [3.05, 3.63) is 88.0 Å². The Kier molecular flexibility index (Phi) is 6.14. The first kappa shape index (κ1) is 22.1. The van der Waals surface area contributed by atoms with Gasteiger partial charge in [0.15, 0.2) is 10.7 Å². The summed E-state index contributed by atoms with van der Waals surface area (Å²) in [5, 5.41) is 16.6. The van der Waals surface area contributed by atoms with Gasteiger partial charge in [0.05, 0.1) is 4.92 Å². The van der Waals surface area contributed by atoms with Gasteiger partial charge in [0.1, 0.15) is 11.1 Å². The molecule has 0 saturated carbocycles. The van der Waals surface area contributed by atoms with Crippen molar-refractivity contribution in [3.63, 3.8) is 0 Å². The van der Waals surface area contributed by atoms with E-state index in [1.54, 1.807) is 24.3 Å². The molecule has 166 valence electrons. The summed E-state index contributed by atoms with van der Waals surface area (Å²) in [5.74, 6) is 0.177. The molecule has 0 saturated heterocycles. The highest BCUT2D eigenvalue weighted by atomic mass is 32.1. The van der Waals surface area contributed by atoms with E-state index < -0.39 is 10.8 Å². The van der Waals surface area contributed by atoms with Gasteiger partial charge in [0, 0.05) is 17.3 Å². The fourth-order valence-corrected chi connectivity index (χ4v) is 3.53. The SMILES string of the molecule is CC(C)c1ccc2oc(-c3cccc(NC(=S)NC(=O)c4ccccc4[N+](=O)[O-])c3)nc2c1. The van der Waals surface area contributed by atoms with Gasteiger partial charge in [-0.25, -0.2) is 4.98 Å². The van der Waals surface area contributed by atoms with E-state index in [4.69, 9.17) is 16.6 Å². The van der Waals surface area contributed by atoms with E-state index in [1.165, 1.54) is 23.8 Å². The molecule has 0 spiro atoms. The van der Waals surface area contributed by atoms with Crippen LogP contribution in [0.5, 0.6) is 0 Å². The van der Waals surface area contributed by atoms with Gasteiger partial charge in [-0.3, -0.25) is 20.2 Å². The number of anilines is 1. The molecule has 0 aliphatic carbocycles. The Morgan fingerprint density at radius 2 is 1.88 bits per heavy atom. The van der Waals surface area contributed by atoms with E-state index >= 15 is 0 Å². The average molecular weight is 461 g/mol.